The Labute approximate surface area is 210 Å². The second-order valence-electron chi connectivity index (χ2n) is 8.31. The first-order valence-corrected chi connectivity index (χ1v) is 12.4. The number of hydrogen-bond donors (Lipinski definition) is 3. The molecule has 1 aliphatic carbocycles. The van der Waals surface area contributed by atoms with Gasteiger partial charge in [-0.25, -0.2) is 15.0 Å². The molecule has 9 heteroatoms. The van der Waals surface area contributed by atoms with E-state index in [1.54, 1.807) is 6.20 Å². The van der Waals surface area contributed by atoms with E-state index in [0.717, 1.165) is 28.2 Å². The number of rotatable bonds is 4. The third-order valence-electron chi connectivity index (χ3n) is 6.14. The van der Waals surface area contributed by atoms with Crippen molar-refractivity contribution in [1.82, 2.24) is 29.3 Å². The lowest BCUT2D eigenvalue weighted by Gasteiger charge is -2.20. The number of imidazole rings is 1. The fourth-order valence-electron chi connectivity index (χ4n) is 4.56. The van der Waals surface area contributed by atoms with E-state index < -0.39 is 0 Å². The first kappa shape index (κ1) is 24.8. The monoisotopic (exact) mass is 484 g/mol. The van der Waals surface area contributed by atoms with Crippen LogP contribution in [-0.4, -0.2) is 35.7 Å². The van der Waals surface area contributed by atoms with Gasteiger partial charge in [-0.1, -0.05) is 51.3 Å². The minimum Gasteiger partial charge on any atom is -0.382 e. The first-order chi connectivity index (χ1) is 17.7. The lowest BCUT2D eigenvalue weighted by atomic mass is 9.89. The molecule has 1 saturated carbocycles. The second-order valence-corrected chi connectivity index (χ2v) is 8.31. The van der Waals surface area contributed by atoms with E-state index in [2.05, 4.69) is 53.9 Å². The molecule has 0 atom stereocenters. The van der Waals surface area contributed by atoms with Crippen LogP contribution in [0.25, 0.3) is 27.8 Å². The molecule has 4 N–H and O–H groups in total. The topological polar surface area (TPSA) is 127 Å². The number of carbonyl (C=O) groups is 1. The quantitative estimate of drug-likeness (QED) is 0.286. The van der Waals surface area contributed by atoms with Crippen LogP contribution in [0.4, 0.5) is 11.6 Å². The number of aromatic nitrogens is 6. The lowest BCUT2D eigenvalue weighted by molar-refractivity contribution is -0.105. The number of nitrogen functional groups attached to an aromatic ring is 1. The molecular formula is C27H32N8O. The Hall–Kier alpha value is -4.27. The van der Waals surface area contributed by atoms with Gasteiger partial charge in [0.1, 0.15) is 22.9 Å². The van der Waals surface area contributed by atoms with Crippen LogP contribution >= 0.6 is 0 Å². The second kappa shape index (κ2) is 11.9. The number of nitrogens with one attached hydrogen (secondary N) is 2. The molecule has 186 valence electrons. The number of nitrogens with two attached hydrogens (primary N) is 1. The molecule has 4 aromatic heterocycles. The molecule has 1 aliphatic rings. The van der Waals surface area contributed by atoms with E-state index in [9.17, 15) is 4.79 Å². The summed E-state index contributed by atoms with van der Waals surface area (Å²) in [4.78, 5) is 30.1. The number of hydrogen-bond acceptors (Lipinski definition) is 6. The Balaban J connectivity index is 0.000000234. The molecule has 0 bridgehead atoms. The van der Waals surface area contributed by atoms with Crippen molar-refractivity contribution in [3.8, 4) is 11.4 Å². The molecule has 6 rings (SSSR count). The Bertz CT molecular complexity index is 1370. The van der Waals surface area contributed by atoms with Crippen molar-refractivity contribution in [2.45, 2.75) is 51.9 Å². The largest absolute Gasteiger partial charge is 0.382 e. The average Bonchev–Trinajstić information content (AvgIpc) is 3.54. The summed E-state index contributed by atoms with van der Waals surface area (Å²) in [5.74, 6) is 2.62. The van der Waals surface area contributed by atoms with Crippen molar-refractivity contribution in [2.75, 3.05) is 11.1 Å². The van der Waals surface area contributed by atoms with Gasteiger partial charge in [-0.05, 0) is 25.0 Å². The zero-order valence-corrected chi connectivity index (χ0v) is 20.7. The predicted molar refractivity (Wildman–Crippen MR) is 144 cm³/mol. The van der Waals surface area contributed by atoms with Crippen molar-refractivity contribution in [3.63, 3.8) is 0 Å². The Morgan fingerprint density at radius 3 is 2.61 bits per heavy atom. The molecule has 1 aromatic carbocycles. The van der Waals surface area contributed by atoms with Crippen LogP contribution in [0.15, 0.2) is 61.3 Å². The van der Waals surface area contributed by atoms with Crippen molar-refractivity contribution in [3.05, 3.63) is 67.1 Å². The highest BCUT2D eigenvalue weighted by Gasteiger charge is 2.24. The van der Waals surface area contributed by atoms with Gasteiger partial charge in [0.2, 0.25) is 6.41 Å². The number of benzene rings is 1. The molecule has 36 heavy (non-hydrogen) atoms. The summed E-state index contributed by atoms with van der Waals surface area (Å²) >= 11 is 0. The van der Waals surface area contributed by atoms with Crippen LogP contribution in [0, 0.1) is 0 Å². The zero-order chi connectivity index (χ0) is 25.3. The van der Waals surface area contributed by atoms with Crippen LogP contribution < -0.4 is 11.1 Å². The number of fused-ring (bicyclic) bond motifs is 2. The highest BCUT2D eigenvalue weighted by molar-refractivity contribution is 5.91. The highest BCUT2D eigenvalue weighted by Crippen LogP contribution is 2.37. The number of H-pyrrole nitrogens is 1. The fraction of sp³-hybridized carbons (Fsp3) is 0.296. The number of carbonyl (C=O) groups excluding carboxylic acids is 1. The molecule has 0 aliphatic heterocycles. The molecule has 0 unspecified atom stereocenters. The van der Waals surface area contributed by atoms with Gasteiger partial charge in [-0.3, -0.25) is 14.2 Å². The highest BCUT2D eigenvalue weighted by atomic mass is 16.1. The fourth-order valence-corrected chi connectivity index (χ4v) is 4.56. The van der Waals surface area contributed by atoms with Gasteiger partial charge in [0.05, 0.1) is 11.9 Å². The first-order valence-electron chi connectivity index (χ1n) is 12.4. The van der Waals surface area contributed by atoms with E-state index in [1.807, 2.05) is 26.1 Å². The van der Waals surface area contributed by atoms with Crippen LogP contribution in [0.2, 0.25) is 0 Å². The molecule has 1 fully saturated rings. The van der Waals surface area contributed by atoms with Crippen molar-refractivity contribution >= 4 is 34.5 Å². The van der Waals surface area contributed by atoms with Gasteiger partial charge in [0.15, 0.2) is 5.82 Å². The molecule has 1 amide bonds. The molecule has 4 heterocycles. The van der Waals surface area contributed by atoms with Crippen molar-refractivity contribution < 1.29 is 4.79 Å². The smallest absolute Gasteiger partial charge is 0.212 e. The van der Waals surface area contributed by atoms with Crippen molar-refractivity contribution in [1.29, 1.82) is 0 Å². The van der Waals surface area contributed by atoms with Crippen LogP contribution in [0.3, 0.4) is 0 Å². The maximum atomic E-state index is 9.80. The average molecular weight is 485 g/mol. The maximum absolute atomic E-state index is 9.80. The summed E-state index contributed by atoms with van der Waals surface area (Å²) in [6.45, 7) is 4.00. The minimum atomic E-state index is 0.465. The molecule has 0 radical (unpaired) electrons. The van der Waals surface area contributed by atoms with Gasteiger partial charge in [-0.2, -0.15) is 0 Å². The summed E-state index contributed by atoms with van der Waals surface area (Å²) in [5, 5.41) is 3.53. The van der Waals surface area contributed by atoms with E-state index in [1.165, 1.54) is 56.1 Å². The summed E-state index contributed by atoms with van der Waals surface area (Å²) < 4.78 is 2.15. The predicted octanol–water partition coefficient (Wildman–Crippen LogP) is 5.58. The summed E-state index contributed by atoms with van der Waals surface area (Å²) in [6.07, 6.45) is 15.1. The van der Waals surface area contributed by atoms with Crippen LogP contribution in [-0.2, 0) is 4.79 Å². The van der Waals surface area contributed by atoms with Crippen LogP contribution in [0.1, 0.15) is 57.7 Å². The maximum Gasteiger partial charge on any atom is 0.212 e. The van der Waals surface area contributed by atoms with Gasteiger partial charge in [-0.15, -0.1) is 0 Å². The Kier molecular flexibility index (Phi) is 8.23. The number of anilines is 2. The third-order valence-corrected chi connectivity index (χ3v) is 6.14. The molecule has 9 nitrogen and oxygen atoms in total. The number of para-hydroxylation sites is 1. The third kappa shape index (κ3) is 5.35. The summed E-state index contributed by atoms with van der Waals surface area (Å²) in [7, 11) is 0. The van der Waals surface area contributed by atoms with Crippen LogP contribution in [0.5, 0.6) is 0 Å². The molecular weight excluding hydrogens is 452 g/mol. The number of amides is 1. The summed E-state index contributed by atoms with van der Waals surface area (Å²) in [6, 6.07) is 10.4. The van der Waals surface area contributed by atoms with E-state index in [-0.39, 0.29) is 0 Å². The molecule has 5 aromatic rings. The zero-order valence-electron chi connectivity index (χ0n) is 20.7. The molecule has 0 spiro atoms. The summed E-state index contributed by atoms with van der Waals surface area (Å²) in [5.41, 5.74) is 10.2. The van der Waals surface area contributed by atoms with E-state index in [4.69, 9.17) is 10.7 Å². The lowest BCUT2D eigenvalue weighted by Crippen LogP contribution is -2.09. The van der Waals surface area contributed by atoms with Gasteiger partial charge in [0.25, 0.3) is 0 Å². The minimum absolute atomic E-state index is 0.465. The number of aromatic amines is 1. The Morgan fingerprint density at radius 1 is 1.08 bits per heavy atom. The Morgan fingerprint density at radius 2 is 1.89 bits per heavy atom. The van der Waals surface area contributed by atoms with Gasteiger partial charge < -0.3 is 16.0 Å². The van der Waals surface area contributed by atoms with E-state index >= 15 is 0 Å². The van der Waals surface area contributed by atoms with Crippen molar-refractivity contribution in [2.24, 2.45) is 0 Å². The number of nitrogens with zero attached hydrogens (tertiary/aromatic N) is 5. The van der Waals surface area contributed by atoms with Gasteiger partial charge in [0, 0.05) is 41.6 Å². The van der Waals surface area contributed by atoms with E-state index in [0.29, 0.717) is 24.0 Å². The standard InChI is InChI=1S/C20H21N5.C5H5N3O.C2H6/c21-19-18-17(16-12-14-8-4-5-9-15(14)23-16)24-20(25(18)11-10-22-19)13-6-2-1-3-7-13;9-4-8-5-3-6-1-2-7-5;1-2/h4-5,8-13,23H,1-3,6-7H2,(H2,21,22);1-4H,(H,7,8,9);1-2H3. The normalized spacial score (nSPS) is 13.4. The SMILES string of the molecule is CC.Nc1nccn2c(C3CCCCC3)nc(-c3cc4ccccc4[nH]3)c12.O=CNc1cnccn1. The van der Waals surface area contributed by atoms with Gasteiger partial charge >= 0.3 is 0 Å². The molecule has 0 saturated heterocycles.